The van der Waals surface area contributed by atoms with Gasteiger partial charge >= 0.3 is 0 Å². The number of β-lactam (4-membered cyclic amide) rings is 1. The SMILES string of the molecule is Nc1ccnc(C(=NOC2C=CCC2)C(=O)NC2C(=O)N3C(C(=O)[O-])=C(C[n+]4ccccc4)CS[C@@H]23)n1. The quantitative estimate of drug-likeness (QED) is 0.144. The lowest BCUT2D eigenvalue weighted by Gasteiger charge is -2.50. The minimum atomic E-state index is -1.44. The summed E-state index contributed by atoms with van der Waals surface area (Å²) < 4.78 is 1.82. The Labute approximate surface area is 215 Å². The summed E-state index contributed by atoms with van der Waals surface area (Å²) >= 11 is 1.36. The Balaban J connectivity index is 1.35. The number of thioether (sulfide) groups is 1. The summed E-state index contributed by atoms with van der Waals surface area (Å²) in [5.74, 6) is -2.32. The molecule has 3 aliphatic rings. The average Bonchev–Trinajstić information content (AvgIpc) is 3.41. The number of pyridine rings is 1. The summed E-state index contributed by atoms with van der Waals surface area (Å²) in [6, 6.07) is 5.99. The zero-order chi connectivity index (χ0) is 25.9. The molecule has 3 atom stereocenters. The van der Waals surface area contributed by atoms with E-state index in [-0.39, 0.29) is 29.2 Å². The van der Waals surface area contributed by atoms with Crippen molar-refractivity contribution in [3.05, 3.63) is 72.1 Å². The van der Waals surface area contributed by atoms with Crippen LogP contribution in [0.25, 0.3) is 0 Å². The number of nitrogens with one attached hydrogen (secondary N) is 1. The molecule has 1 saturated heterocycles. The number of oxime groups is 1. The van der Waals surface area contributed by atoms with Gasteiger partial charge in [-0.1, -0.05) is 17.3 Å². The van der Waals surface area contributed by atoms with E-state index in [1.807, 2.05) is 34.9 Å². The van der Waals surface area contributed by atoms with E-state index in [9.17, 15) is 19.5 Å². The molecule has 37 heavy (non-hydrogen) atoms. The predicted molar refractivity (Wildman–Crippen MR) is 130 cm³/mol. The van der Waals surface area contributed by atoms with Crippen LogP contribution in [0.4, 0.5) is 5.82 Å². The van der Waals surface area contributed by atoms with E-state index in [0.29, 0.717) is 24.3 Å². The van der Waals surface area contributed by atoms with Crippen LogP contribution >= 0.6 is 11.8 Å². The van der Waals surface area contributed by atoms with E-state index < -0.39 is 29.2 Å². The van der Waals surface area contributed by atoms with E-state index in [2.05, 4.69) is 20.4 Å². The molecule has 2 unspecified atom stereocenters. The zero-order valence-electron chi connectivity index (χ0n) is 19.5. The largest absolute Gasteiger partial charge is 0.543 e. The van der Waals surface area contributed by atoms with E-state index in [1.54, 1.807) is 12.4 Å². The van der Waals surface area contributed by atoms with Crippen LogP contribution in [0.3, 0.4) is 0 Å². The van der Waals surface area contributed by atoms with Gasteiger partial charge in [0.25, 0.3) is 11.8 Å². The fourth-order valence-corrected chi connectivity index (χ4v) is 5.58. The maximum absolute atomic E-state index is 13.2. The maximum Gasteiger partial charge on any atom is 0.278 e. The molecule has 0 spiro atoms. The average molecular weight is 522 g/mol. The molecule has 190 valence electrons. The first kappa shape index (κ1) is 24.4. The molecular weight excluding hydrogens is 498 g/mol. The fourth-order valence-electron chi connectivity index (χ4n) is 4.25. The Bertz CT molecular complexity index is 1330. The first-order valence-corrected chi connectivity index (χ1v) is 12.6. The van der Waals surface area contributed by atoms with E-state index in [1.165, 1.54) is 28.9 Å². The molecule has 2 amide bonds. The number of hydrogen-bond acceptors (Lipinski definition) is 10. The van der Waals surface area contributed by atoms with E-state index in [0.717, 1.165) is 6.42 Å². The molecule has 2 aromatic heterocycles. The molecule has 0 bridgehead atoms. The van der Waals surface area contributed by atoms with Crippen LogP contribution in [0.2, 0.25) is 0 Å². The van der Waals surface area contributed by atoms with Crippen molar-refractivity contribution >= 4 is 41.1 Å². The first-order valence-electron chi connectivity index (χ1n) is 11.5. The molecule has 0 radical (unpaired) electrons. The number of aromatic nitrogens is 3. The third kappa shape index (κ3) is 5.03. The van der Waals surface area contributed by atoms with Crippen molar-refractivity contribution in [2.75, 3.05) is 11.5 Å². The fraction of sp³-hybridized carbons (Fsp3) is 0.292. The van der Waals surface area contributed by atoms with Gasteiger partial charge < -0.3 is 25.8 Å². The van der Waals surface area contributed by atoms with E-state index >= 15 is 0 Å². The van der Waals surface area contributed by atoms with Gasteiger partial charge in [-0.3, -0.25) is 14.5 Å². The number of amides is 2. The Hall–Kier alpha value is -4.26. The van der Waals surface area contributed by atoms with Gasteiger partial charge in [0.1, 0.15) is 23.3 Å². The van der Waals surface area contributed by atoms with Crippen LogP contribution in [0.1, 0.15) is 18.7 Å². The Morgan fingerprint density at radius 2 is 2.14 bits per heavy atom. The van der Waals surface area contributed by atoms with Crippen LogP contribution < -0.4 is 20.7 Å². The van der Waals surface area contributed by atoms with Crippen LogP contribution in [-0.4, -0.2) is 61.6 Å². The van der Waals surface area contributed by atoms with Crippen molar-refractivity contribution in [2.24, 2.45) is 5.16 Å². The standard InChI is InChI=1S/C24H23N7O5S/c25-16-8-9-26-20(27-16)17(29-36-15-6-2-3-7-15)21(32)28-18-22(33)31-19(24(34)35)14(13-37-23(18)31)12-30-10-4-1-5-11-30/h1-2,4-6,8-11,15,18,23H,3,7,12-13H2,(H3-,25,26,27,28,32,34,35)/t15?,18?,23-/m0/s1. The third-order valence-corrected chi connectivity index (χ3v) is 7.37. The highest BCUT2D eigenvalue weighted by atomic mass is 32.2. The summed E-state index contributed by atoms with van der Waals surface area (Å²) in [6.07, 6.45) is 10.0. The number of rotatable bonds is 8. The zero-order valence-corrected chi connectivity index (χ0v) is 20.3. The summed E-state index contributed by atoms with van der Waals surface area (Å²) in [4.78, 5) is 53.1. The van der Waals surface area contributed by atoms with Crippen LogP contribution in [0.15, 0.2) is 71.4 Å². The Kier molecular flexibility index (Phi) is 6.86. The molecule has 0 saturated carbocycles. The molecule has 1 aliphatic carbocycles. The molecule has 2 aliphatic heterocycles. The van der Waals surface area contributed by atoms with Gasteiger partial charge in [0.2, 0.25) is 5.71 Å². The topological polar surface area (TPSA) is 167 Å². The first-order chi connectivity index (χ1) is 17.9. The Morgan fingerprint density at radius 3 is 2.84 bits per heavy atom. The molecular formula is C24H23N7O5S. The molecule has 13 heteroatoms. The lowest BCUT2D eigenvalue weighted by Crippen LogP contribution is -2.71. The number of nitrogens with two attached hydrogens (primary N) is 1. The molecule has 12 nitrogen and oxygen atoms in total. The number of carboxylic acid groups (broad SMARTS) is 1. The van der Waals surface area contributed by atoms with Crippen molar-refractivity contribution < 1.29 is 28.9 Å². The van der Waals surface area contributed by atoms with Gasteiger partial charge in [-0.25, -0.2) is 14.5 Å². The van der Waals surface area contributed by atoms with Crippen molar-refractivity contribution in [1.29, 1.82) is 0 Å². The number of allylic oxidation sites excluding steroid dienone is 1. The second kappa shape index (κ2) is 10.4. The van der Waals surface area contributed by atoms with E-state index in [4.69, 9.17) is 10.6 Å². The number of anilines is 1. The van der Waals surface area contributed by atoms with Gasteiger partial charge in [0.15, 0.2) is 24.8 Å². The van der Waals surface area contributed by atoms with Gasteiger partial charge in [-0.05, 0) is 25.0 Å². The molecule has 3 N–H and O–H groups in total. The van der Waals surface area contributed by atoms with Gasteiger partial charge in [-0.15, -0.1) is 11.8 Å². The maximum atomic E-state index is 13.2. The summed E-state index contributed by atoms with van der Waals surface area (Å²) in [6.45, 7) is 0.293. The lowest BCUT2D eigenvalue weighted by molar-refractivity contribution is -0.689. The van der Waals surface area contributed by atoms with Crippen molar-refractivity contribution in [2.45, 2.75) is 36.9 Å². The van der Waals surface area contributed by atoms with Crippen molar-refractivity contribution in [1.82, 2.24) is 20.2 Å². The number of carbonyl (C=O) groups excluding carboxylic acids is 3. The number of carbonyl (C=O) groups is 3. The number of fused-ring (bicyclic) bond motifs is 1. The molecule has 0 aromatic carbocycles. The van der Waals surface area contributed by atoms with Crippen molar-refractivity contribution in [3.63, 3.8) is 0 Å². The predicted octanol–water partition coefficient (Wildman–Crippen LogP) is -1.11. The molecule has 5 rings (SSSR count). The van der Waals surface area contributed by atoms with Crippen LogP contribution in [-0.2, 0) is 25.8 Å². The van der Waals surface area contributed by atoms with Crippen LogP contribution in [0, 0.1) is 0 Å². The lowest BCUT2D eigenvalue weighted by atomic mass is 10.0. The monoisotopic (exact) mass is 521 g/mol. The number of carboxylic acids is 1. The molecule has 4 heterocycles. The number of hydrogen-bond donors (Lipinski definition) is 2. The van der Waals surface area contributed by atoms with Gasteiger partial charge in [-0.2, -0.15) is 0 Å². The van der Waals surface area contributed by atoms with Gasteiger partial charge in [0.05, 0.1) is 11.7 Å². The number of nitrogens with zero attached hydrogens (tertiary/aromatic N) is 5. The minimum absolute atomic E-state index is 0.0584. The summed E-state index contributed by atoms with van der Waals surface area (Å²) in [7, 11) is 0. The third-order valence-electron chi connectivity index (χ3n) is 6.03. The molecule has 2 aromatic rings. The highest BCUT2D eigenvalue weighted by molar-refractivity contribution is 8.00. The number of aliphatic carboxylic acids is 1. The summed E-state index contributed by atoms with van der Waals surface area (Å²) in [5.41, 5.74) is 5.89. The smallest absolute Gasteiger partial charge is 0.278 e. The summed E-state index contributed by atoms with van der Waals surface area (Å²) in [5, 5.41) is 18.0. The molecule has 1 fully saturated rings. The van der Waals surface area contributed by atoms with Gasteiger partial charge in [0, 0.05) is 29.7 Å². The normalized spacial score (nSPS) is 22.9. The second-order valence-corrected chi connectivity index (χ2v) is 9.65. The number of nitrogen functional groups attached to an aromatic ring is 1. The minimum Gasteiger partial charge on any atom is -0.543 e. The highest BCUT2D eigenvalue weighted by Crippen LogP contribution is 2.40. The Morgan fingerprint density at radius 1 is 1.32 bits per heavy atom. The highest BCUT2D eigenvalue weighted by Gasteiger charge is 2.53. The van der Waals surface area contributed by atoms with Crippen molar-refractivity contribution in [3.8, 4) is 0 Å². The van der Waals surface area contributed by atoms with Crippen LogP contribution in [0.5, 0.6) is 0 Å². The second-order valence-electron chi connectivity index (χ2n) is 8.54.